The number of hydrogen-bond acceptors (Lipinski definition) is 4. The van der Waals surface area contributed by atoms with Gasteiger partial charge in [0.15, 0.2) is 0 Å². The Labute approximate surface area is 190 Å². The molecule has 0 unspecified atom stereocenters. The second-order valence-electron chi connectivity index (χ2n) is 7.75. The molecule has 2 N–H and O–H groups in total. The molecular weight excluding hydrogens is 400 g/mol. The van der Waals surface area contributed by atoms with Crippen LogP contribution in [0.15, 0.2) is 78.9 Å². The summed E-state index contributed by atoms with van der Waals surface area (Å²) in [6, 6.07) is 24.0. The van der Waals surface area contributed by atoms with Crippen molar-refractivity contribution in [3.63, 3.8) is 0 Å². The average Bonchev–Trinajstić information content (AvgIpc) is 2.78. The van der Waals surface area contributed by atoms with Gasteiger partial charge in [0.1, 0.15) is 18.1 Å². The van der Waals surface area contributed by atoms with Crippen LogP contribution in [0, 0.1) is 0 Å². The molecule has 5 nitrogen and oxygen atoms in total. The number of allylic oxidation sites excluding steroid dienone is 1. The van der Waals surface area contributed by atoms with E-state index >= 15 is 0 Å². The fraction of sp³-hybridized carbons (Fsp3) is 0.222. The molecule has 0 aliphatic carbocycles. The van der Waals surface area contributed by atoms with E-state index in [0.717, 1.165) is 23.4 Å². The maximum absolute atomic E-state index is 13.4. The molecule has 0 saturated heterocycles. The summed E-state index contributed by atoms with van der Waals surface area (Å²) in [6.07, 6.45) is 0.668. The predicted molar refractivity (Wildman–Crippen MR) is 131 cm³/mol. The lowest BCUT2D eigenvalue weighted by Crippen LogP contribution is -2.19. The fourth-order valence-electron chi connectivity index (χ4n) is 3.44. The van der Waals surface area contributed by atoms with E-state index in [4.69, 9.17) is 4.74 Å². The van der Waals surface area contributed by atoms with Crippen LogP contribution in [-0.4, -0.2) is 43.2 Å². The van der Waals surface area contributed by atoms with Crippen LogP contribution in [0.5, 0.6) is 11.5 Å². The van der Waals surface area contributed by atoms with Crippen molar-refractivity contribution in [1.82, 2.24) is 4.90 Å². The van der Waals surface area contributed by atoms with Crippen LogP contribution in [0.2, 0.25) is 0 Å². The van der Waals surface area contributed by atoms with Crippen molar-refractivity contribution < 1.29 is 14.6 Å². The lowest BCUT2D eigenvalue weighted by Gasteiger charge is -2.16. The number of carbonyl (C=O) groups is 1. The normalized spacial score (nSPS) is 11.8. The summed E-state index contributed by atoms with van der Waals surface area (Å²) in [5.41, 5.74) is 3.79. The minimum Gasteiger partial charge on any atom is -0.508 e. The molecule has 1 amide bonds. The number of rotatable bonds is 9. The molecule has 0 aliphatic rings. The number of aromatic hydroxyl groups is 1. The number of carbonyl (C=O) groups excluding carboxylic acids is 1. The average molecular weight is 431 g/mol. The first-order chi connectivity index (χ1) is 15.5. The Balaban J connectivity index is 1.89. The van der Waals surface area contributed by atoms with E-state index < -0.39 is 0 Å². The molecule has 166 valence electrons. The minimum atomic E-state index is -0.224. The van der Waals surface area contributed by atoms with Gasteiger partial charge in [-0.15, -0.1) is 0 Å². The van der Waals surface area contributed by atoms with Crippen LogP contribution in [0.1, 0.15) is 24.5 Å². The van der Waals surface area contributed by atoms with Crippen LogP contribution in [-0.2, 0) is 4.79 Å². The van der Waals surface area contributed by atoms with E-state index in [1.165, 1.54) is 0 Å². The molecular formula is C27H30N2O3. The lowest BCUT2D eigenvalue weighted by atomic mass is 9.92. The maximum atomic E-state index is 13.4. The first-order valence-electron chi connectivity index (χ1n) is 10.7. The van der Waals surface area contributed by atoms with E-state index in [-0.39, 0.29) is 11.7 Å². The second kappa shape index (κ2) is 11.2. The molecule has 0 spiro atoms. The fourth-order valence-corrected chi connectivity index (χ4v) is 3.44. The van der Waals surface area contributed by atoms with Gasteiger partial charge in [0.25, 0.3) is 5.91 Å². The molecule has 0 atom stereocenters. The maximum Gasteiger partial charge on any atom is 0.256 e. The molecule has 3 aromatic carbocycles. The van der Waals surface area contributed by atoms with Gasteiger partial charge in [-0.25, -0.2) is 0 Å². The van der Waals surface area contributed by atoms with Crippen molar-refractivity contribution in [3.05, 3.63) is 90.0 Å². The Kier molecular flexibility index (Phi) is 8.06. The Morgan fingerprint density at radius 3 is 2.25 bits per heavy atom. The van der Waals surface area contributed by atoms with Crippen molar-refractivity contribution >= 4 is 22.7 Å². The number of ether oxygens (including phenoxy) is 1. The number of hydrogen-bond donors (Lipinski definition) is 2. The predicted octanol–water partition coefficient (Wildman–Crippen LogP) is 5.29. The molecule has 5 heteroatoms. The van der Waals surface area contributed by atoms with E-state index in [1.807, 2.05) is 81.7 Å². The first kappa shape index (κ1) is 23.1. The second-order valence-corrected chi connectivity index (χ2v) is 7.75. The Morgan fingerprint density at radius 1 is 0.938 bits per heavy atom. The van der Waals surface area contributed by atoms with Gasteiger partial charge in [0.05, 0.1) is 5.57 Å². The van der Waals surface area contributed by atoms with Crippen LogP contribution >= 0.6 is 0 Å². The molecule has 0 aliphatic heterocycles. The number of amides is 1. The minimum absolute atomic E-state index is 0.121. The standard InChI is InChI=1S/C27H30N2O3/c1-4-25(20-9-6-5-7-10-20)26(21-11-8-12-23(30)19-21)27(31)28-22-13-15-24(16-14-22)32-18-17-29(2)3/h5-16,19,30H,4,17-18H2,1-3H3,(H,28,31)/b26-25+. The summed E-state index contributed by atoms with van der Waals surface area (Å²) >= 11 is 0. The smallest absolute Gasteiger partial charge is 0.256 e. The monoisotopic (exact) mass is 430 g/mol. The van der Waals surface area contributed by atoms with Gasteiger partial charge in [-0.3, -0.25) is 4.79 Å². The molecule has 0 fully saturated rings. The molecule has 3 rings (SSSR count). The number of phenols is 1. The van der Waals surface area contributed by atoms with Crippen molar-refractivity contribution in [3.8, 4) is 11.5 Å². The number of phenolic OH excluding ortho intramolecular Hbond substituents is 1. The zero-order valence-corrected chi connectivity index (χ0v) is 18.8. The summed E-state index contributed by atoms with van der Waals surface area (Å²) in [5, 5.41) is 13.0. The summed E-state index contributed by atoms with van der Waals surface area (Å²) in [7, 11) is 4.00. The van der Waals surface area contributed by atoms with Gasteiger partial charge >= 0.3 is 0 Å². The highest BCUT2D eigenvalue weighted by Gasteiger charge is 2.19. The van der Waals surface area contributed by atoms with Crippen molar-refractivity contribution in [2.75, 3.05) is 32.6 Å². The third kappa shape index (κ3) is 6.22. The SMILES string of the molecule is CC/C(=C(\C(=O)Nc1ccc(OCCN(C)C)cc1)c1cccc(O)c1)c1ccccc1. The van der Waals surface area contributed by atoms with E-state index in [1.54, 1.807) is 18.2 Å². The summed E-state index contributed by atoms with van der Waals surface area (Å²) in [6.45, 7) is 3.45. The molecule has 0 aromatic heterocycles. The quantitative estimate of drug-likeness (QED) is 0.358. The summed E-state index contributed by atoms with van der Waals surface area (Å²) in [5.74, 6) is 0.653. The van der Waals surface area contributed by atoms with Gasteiger partial charge < -0.3 is 20.1 Å². The lowest BCUT2D eigenvalue weighted by molar-refractivity contribution is -0.111. The number of benzene rings is 3. The number of nitrogens with zero attached hydrogens (tertiary/aromatic N) is 1. The van der Waals surface area contributed by atoms with E-state index in [2.05, 4.69) is 10.2 Å². The molecule has 3 aromatic rings. The molecule has 0 saturated carbocycles. The van der Waals surface area contributed by atoms with Crippen molar-refractivity contribution in [2.45, 2.75) is 13.3 Å². The number of anilines is 1. The molecule has 0 radical (unpaired) electrons. The zero-order valence-electron chi connectivity index (χ0n) is 18.8. The third-order valence-corrected chi connectivity index (χ3v) is 5.06. The van der Waals surface area contributed by atoms with Crippen molar-refractivity contribution in [1.29, 1.82) is 0 Å². The van der Waals surface area contributed by atoms with Gasteiger partial charge in [-0.05, 0) is 73.6 Å². The highest BCUT2D eigenvalue weighted by molar-refractivity contribution is 6.31. The topological polar surface area (TPSA) is 61.8 Å². The number of nitrogens with one attached hydrogen (secondary N) is 1. The highest BCUT2D eigenvalue weighted by atomic mass is 16.5. The Hall–Kier alpha value is -3.57. The van der Waals surface area contributed by atoms with E-state index in [0.29, 0.717) is 29.9 Å². The first-order valence-corrected chi connectivity index (χ1v) is 10.7. The zero-order chi connectivity index (χ0) is 22.9. The summed E-state index contributed by atoms with van der Waals surface area (Å²) in [4.78, 5) is 15.5. The summed E-state index contributed by atoms with van der Waals surface area (Å²) < 4.78 is 5.73. The number of likely N-dealkylation sites (N-methyl/N-ethyl adjacent to an activating group) is 1. The Bertz CT molecular complexity index is 1060. The van der Waals surface area contributed by atoms with Crippen molar-refractivity contribution in [2.24, 2.45) is 0 Å². The van der Waals surface area contributed by atoms with Crippen LogP contribution < -0.4 is 10.1 Å². The molecule has 32 heavy (non-hydrogen) atoms. The molecule has 0 bridgehead atoms. The van der Waals surface area contributed by atoms with Gasteiger partial charge in [0.2, 0.25) is 0 Å². The van der Waals surface area contributed by atoms with Gasteiger partial charge in [-0.2, -0.15) is 0 Å². The van der Waals surface area contributed by atoms with E-state index in [9.17, 15) is 9.90 Å². The van der Waals surface area contributed by atoms with Crippen LogP contribution in [0.25, 0.3) is 11.1 Å². The van der Waals surface area contributed by atoms with Crippen LogP contribution in [0.4, 0.5) is 5.69 Å². The van der Waals surface area contributed by atoms with Crippen LogP contribution in [0.3, 0.4) is 0 Å². The van der Waals surface area contributed by atoms with Gasteiger partial charge in [-0.1, -0.05) is 49.4 Å². The largest absolute Gasteiger partial charge is 0.508 e. The third-order valence-electron chi connectivity index (χ3n) is 5.06. The van der Waals surface area contributed by atoms with Gasteiger partial charge in [0, 0.05) is 12.2 Å². The molecule has 0 heterocycles. The highest BCUT2D eigenvalue weighted by Crippen LogP contribution is 2.31. The Morgan fingerprint density at radius 2 is 1.62 bits per heavy atom.